The third-order valence-electron chi connectivity index (χ3n) is 6.07. The van der Waals surface area contributed by atoms with Crippen LogP contribution >= 0.6 is 0 Å². The number of nitrogens with zero attached hydrogens (tertiary/aromatic N) is 2. The van der Waals surface area contributed by atoms with Crippen LogP contribution in [0.2, 0.25) is 0 Å². The molecule has 0 unspecified atom stereocenters. The first kappa shape index (κ1) is 17.7. The lowest BCUT2D eigenvalue weighted by Gasteiger charge is -2.49. The monoisotopic (exact) mass is 361 g/mol. The van der Waals surface area contributed by atoms with Crippen molar-refractivity contribution < 1.29 is 4.79 Å². The number of rotatable bonds is 3. The van der Waals surface area contributed by atoms with Crippen LogP contribution in [0.15, 0.2) is 54.6 Å². The van der Waals surface area contributed by atoms with Gasteiger partial charge in [0, 0.05) is 43.9 Å². The summed E-state index contributed by atoms with van der Waals surface area (Å²) in [6.45, 7) is 5.17. The predicted octanol–water partition coefficient (Wildman–Crippen LogP) is 3.78. The summed E-state index contributed by atoms with van der Waals surface area (Å²) in [6.07, 6.45) is 4.83. The molecule has 2 heterocycles. The standard InChI is InChI=1S/C23H27N3O/c1-22(2)19-7-5-6-8-20(19)26-16-14-21(27)24-23(22,26)15-13-17-9-11-18(12-10-17)25(3)4/h5-13,15H,14,16H2,1-4H3,(H,24,27)/t23-/m1/s1. The number of hydrogen-bond acceptors (Lipinski definition) is 3. The lowest BCUT2D eigenvalue weighted by atomic mass is 9.74. The first-order chi connectivity index (χ1) is 12.8. The predicted molar refractivity (Wildman–Crippen MR) is 112 cm³/mol. The number of hydrogen-bond donors (Lipinski definition) is 1. The number of nitrogens with one attached hydrogen (secondary N) is 1. The minimum Gasteiger partial charge on any atom is -0.378 e. The maximum Gasteiger partial charge on any atom is 0.223 e. The minimum absolute atomic E-state index is 0.111. The first-order valence-electron chi connectivity index (χ1n) is 9.50. The minimum atomic E-state index is -0.549. The molecule has 0 bridgehead atoms. The van der Waals surface area contributed by atoms with Gasteiger partial charge < -0.3 is 15.1 Å². The lowest BCUT2D eigenvalue weighted by molar-refractivity contribution is -0.124. The largest absolute Gasteiger partial charge is 0.378 e. The van der Waals surface area contributed by atoms with Crippen molar-refractivity contribution in [3.05, 3.63) is 65.7 Å². The van der Waals surface area contributed by atoms with Gasteiger partial charge in [-0.25, -0.2) is 0 Å². The molecule has 0 aromatic heterocycles. The molecular formula is C23H27N3O. The van der Waals surface area contributed by atoms with Crippen LogP contribution in [0.5, 0.6) is 0 Å². The molecule has 2 aliphatic heterocycles. The fraction of sp³-hybridized carbons (Fsp3) is 0.348. The van der Waals surface area contributed by atoms with Crippen molar-refractivity contribution in [1.29, 1.82) is 0 Å². The Morgan fingerprint density at radius 3 is 2.48 bits per heavy atom. The normalized spacial score (nSPS) is 23.1. The van der Waals surface area contributed by atoms with E-state index in [4.69, 9.17) is 0 Å². The highest BCUT2D eigenvalue weighted by molar-refractivity contribution is 5.84. The van der Waals surface area contributed by atoms with Gasteiger partial charge in [0.05, 0.1) is 0 Å². The molecule has 4 nitrogen and oxygen atoms in total. The Morgan fingerprint density at radius 2 is 1.78 bits per heavy atom. The van der Waals surface area contributed by atoms with Crippen LogP contribution in [0.3, 0.4) is 0 Å². The molecule has 0 spiro atoms. The first-order valence-corrected chi connectivity index (χ1v) is 9.50. The number of benzene rings is 2. The van der Waals surface area contributed by atoms with E-state index in [-0.39, 0.29) is 11.3 Å². The number of anilines is 2. The van der Waals surface area contributed by atoms with Crippen LogP contribution in [0.25, 0.3) is 6.08 Å². The quantitative estimate of drug-likeness (QED) is 0.904. The Bertz CT molecular complexity index is 898. The smallest absolute Gasteiger partial charge is 0.223 e. The van der Waals surface area contributed by atoms with E-state index in [0.717, 1.165) is 12.1 Å². The van der Waals surface area contributed by atoms with Crippen LogP contribution < -0.4 is 15.1 Å². The van der Waals surface area contributed by atoms with Gasteiger partial charge in [-0.2, -0.15) is 0 Å². The van der Waals surface area contributed by atoms with Gasteiger partial charge in [-0.1, -0.05) is 50.3 Å². The van der Waals surface area contributed by atoms with Crippen molar-refractivity contribution in [2.75, 3.05) is 30.4 Å². The van der Waals surface area contributed by atoms with Gasteiger partial charge in [0.15, 0.2) is 0 Å². The molecule has 1 amide bonds. The third kappa shape index (κ3) is 2.62. The second-order valence-electron chi connectivity index (χ2n) is 8.18. The molecule has 2 aromatic rings. The van der Waals surface area contributed by atoms with Crippen molar-refractivity contribution in [1.82, 2.24) is 5.32 Å². The second-order valence-corrected chi connectivity index (χ2v) is 8.18. The highest BCUT2D eigenvalue weighted by atomic mass is 16.2. The van der Waals surface area contributed by atoms with Crippen LogP contribution in [0, 0.1) is 0 Å². The third-order valence-corrected chi connectivity index (χ3v) is 6.07. The Labute approximate surface area is 161 Å². The molecule has 4 heteroatoms. The summed E-state index contributed by atoms with van der Waals surface area (Å²) in [5.41, 5.74) is 4.01. The molecule has 27 heavy (non-hydrogen) atoms. The van der Waals surface area contributed by atoms with Crippen LogP contribution in [0.1, 0.15) is 31.4 Å². The van der Waals surface area contributed by atoms with E-state index < -0.39 is 5.66 Å². The van der Waals surface area contributed by atoms with Crippen molar-refractivity contribution in [2.45, 2.75) is 31.3 Å². The van der Waals surface area contributed by atoms with Gasteiger partial charge in [0.2, 0.25) is 5.91 Å². The Morgan fingerprint density at radius 1 is 1.07 bits per heavy atom. The lowest BCUT2D eigenvalue weighted by Crippen LogP contribution is -2.68. The molecular weight excluding hydrogens is 334 g/mol. The molecule has 140 valence electrons. The van der Waals surface area contributed by atoms with Crippen LogP contribution in [-0.4, -0.2) is 32.2 Å². The zero-order valence-corrected chi connectivity index (χ0v) is 16.5. The molecule has 1 saturated heterocycles. The van der Waals surface area contributed by atoms with Gasteiger partial charge in [-0.15, -0.1) is 0 Å². The molecule has 4 rings (SSSR count). The van der Waals surface area contributed by atoms with E-state index >= 15 is 0 Å². The van der Waals surface area contributed by atoms with Gasteiger partial charge in [0.1, 0.15) is 5.66 Å². The average Bonchev–Trinajstić information content (AvgIpc) is 2.85. The van der Waals surface area contributed by atoms with Crippen molar-refractivity contribution in [2.24, 2.45) is 0 Å². The van der Waals surface area contributed by atoms with Crippen molar-refractivity contribution in [3.63, 3.8) is 0 Å². The molecule has 2 aromatic carbocycles. The highest BCUT2D eigenvalue weighted by Gasteiger charge is 2.57. The summed E-state index contributed by atoms with van der Waals surface area (Å²) in [4.78, 5) is 16.8. The Balaban J connectivity index is 1.77. The Hall–Kier alpha value is -2.75. The summed E-state index contributed by atoms with van der Waals surface area (Å²) >= 11 is 0. The zero-order valence-electron chi connectivity index (χ0n) is 16.5. The van der Waals surface area contributed by atoms with Gasteiger partial charge in [0.25, 0.3) is 0 Å². The summed E-state index contributed by atoms with van der Waals surface area (Å²) in [5.74, 6) is 0.111. The second kappa shape index (κ2) is 6.15. The molecule has 1 N–H and O–H groups in total. The fourth-order valence-corrected chi connectivity index (χ4v) is 4.42. The average molecular weight is 361 g/mol. The van der Waals surface area contributed by atoms with Crippen molar-refractivity contribution >= 4 is 23.4 Å². The number of para-hydroxylation sites is 1. The topological polar surface area (TPSA) is 35.6 Å². The van der Waals surface area contributed by atoms with Gasteiger partial charge in [-0.3, -0.25) is 4.79 Å². The summed E-state index contributed by atoms with van der Waals surface area (Å²) in [7, 11) is 4.08. The van der Waals surface area contributed by atoms with E-state index in [0.29, 0.717) is 6.42 Å². The number of carbonyl (C=O) groups excluding carboxylic acids is 1. The van der Waals surface area contributed by atoms with Crippen molar-refractivity contribution in [3.8, 4) is 0 Å². The molecule has 0 radical (unpaired) electrons. The van der Waals surface area contributed by atoms with Crippen LogP contribution in [-0.2, 0) is 10.2 Å². The molecule has 1 fully saturated rings. The summed E-state index contributed by atoms with van der Waals surface area (Å²) < 4.78 is 0. The van der Waals surface area contributed by atoms with E-state index in [1.165, 1.54) is 16.9 Å². The van der Waals surface area contributed by atoms with E-state index in [2.05, 4.69) is 89.6 Å². The number of carbonyl (C=O) groups is 1. The van der Waals surface area contributed by atoms with E-state index in [1.54, 1.807) is 0 Å². The van der Waals surface area contributed by atoms with Gasteiger partial charge >= 0.3 is 0 Å². The Kier molecular flexibility index (Phi) is 4.02. The molecule has 0 saturated carbocycles. The van der Waals surface area contributed by atoms with E-state index in [1.807, 2.05) is 14.1 Å². The number of amides is 1. The maximum absolute atomic E-state index is 12.4. The fourth-order valence-electron chi connectivity index (χ4n) is 4.42. The number of fused-ring (bicyclic) bond motifs is 3. The maximum atomic E-state index is 12.4. The van der Waals surface area contributed by atoms with Crippen LogP contribution in [0.4, 0.5) is 11.4 Å². The highest BCUT2D eigenvalue weighted by Crippen LogP contribution is 2.52. The molecule has 1 atom stereocenters. The SMILES string of the molecule is CN(C)c1ccc(C=C[C@@]23NC(=O)CCN2c2ccccc2C3(C)C)cc1. The molecule has 2 aliphatic rings. The summed E-state index contributed by atoms with van der Waals surface area (Å²) in [6, 6.07) is 17.0. The van der Waals surface area contributed by atoms with E-state index in [9.17, 15) is 4.79 Å². The zero-order chi connectivity index (χ0) is 19.2. The summed E-state index contributed by atoms with van der Waals surface area (Å²) in [5, 5.41) is 3.32. The molecule has 0 aliphatic carbocycles. The van der Waals surface area contributed by atoms with Gasteiger partial charge in [-0.05, 0) is 35.4 Å².